The molecule has 0 bridgehead atoms. The molecule has 0 saturated heterocycles. The second-order valence-electron chi connectivity index (χ2n) is 5.05. The average Bonchev–Trinajstić information content (AvgIpc) is 2.95. The highest BCUT2D eigenvalue weighted by Crippen LogP contribution is 2.36. The lowest BCUT2D eigenvalue weighted by Gasteiger charge is -2.04. The van der Waals surface area contributed by atoms with Gasteiger partial charge in [0.2, 0.25) is 0 Å². The van der Waals surface area contributed by atoms with E-state index in [4.69, 9.17) is 10.2 Å². The zero-order valence-electron chi connectivity index (χ0n) is 11.8. The van der Waals surface area contributed by atoms with Crippen molar-refractivity contribution in [1.82, 2.24) is 9.78 Å². The van der Waals surface area contributed by atoms with Gasteiger partial charge in [-0.2, -0.15) is 5.10 Å². The third kappa shape index (κ3) is 1.99. The van der Waals surface area contributed by atoms with E-state index >= 15 is 0 Å². The summed E-state index contributed by atoms with van der Waals surface area (Å²) < 4.78 is 7.10. The summed E-state index contributed by atoms with van der Waals surface area (Å²) in [5, 5.41) is 4.53. The molecule has 2 aromatic heterocycles. The molecule has 0 radical (unpaired) electrons. The number of aromatic nitrogens is 2. The van der Waals surface area contributed by atoms with Crippen molar-refractivity contribution in [2.24, 2.45) is 7.05 Å². The van der Waals surface area contributed by atoms with Gasteiger partial charge in [-0.1, -0.05) is 29.8 Å². The fraction of sp³-hybridized carbons (Fsp3) is 0.188. The maximum Gasteiger partial charge on any atom is 0.129 e. The lowest BCUT2D eigenvalue weighted by molar-refractivity contribution is 0.535. The Bertz CT molecular complexity index is 768. The van der Waals surface area contributed by atoms with Crippen LogP contribution in [0.5, 0.6) is 0 Å². The first kappa shape index (κ1) is 12.5. The zero-order chi connectivity index (χ0) is 14.3. The van der Waals surface area contributed by atoms with Gasteiger partial charge in [0.05, 0.1) is 5.56 Å². The summed E-state index contributed by atoms with van der Waals surface area (Å²) in [5.41, 5.74) is 11.2. The van der Waals surface area contributed by atoms with Crippen molar-refractivity contribution in [3.05, 3.63) is 47.9 Å². The Morgan fingerprint density at radius 1 is 1.15 bits per heavy atom. The number of hydrogen-bond donors (Lipinski definition) is 1. The molecule has 102 valence electrons. The van der Waals surface area contributed by atoms with E-state index in [1.165, 1.54) is 5.56 Å². The van der Waals surface area contributed by atoms with Crippen LogP contribution in [0.2, 0.25) is 0 Å². The highest BCUT2D eigenvalue weighted by atomic mass is 16.3. The summed E-state index contributed by atoms with van der Waals surface area (Å²) in [7, 11) is 1.85. The Balaban J connectivity index is 2.24. The fourth-order valence-electron chi connectivity index (χ4n) is 2.39. The van der Waals surface area contributed by atoms with Gasteiger partial charge >= 0.3 is 0 Å². The number of aryl methyl sites for hydroxylation is 3. The predicted octanol–water partition coefficient (Wildman–Crippen LogP) is 3.55. The van der Waals surface area contributed by atoms with Crippen molar-refractivity contribution < 1.29 is 4.42 Å². The molecule has 0 aliphatic rings. The molecule has 2 heterocycles. The molecule has 0 atom stereocenters. The van der Waals surface area contributed by atoms with E-state index in [1.54, 1.807) is 10.9 Å². The summed E-state index contributed by atoms with van der Waals surface area (Å²) in [6, 6.07) is 10.2. The molecule has 4 heteroatoms. The number of rotatable bonds is 2. The third-order valence-corrected chi connectivity index (χ3v) is 3.40. The molecule has 3 rings (SSSR count). The normalized spacial score (nSPS) is 10.9. The van der Waals surface area contributed by atoms with Crippen molar-refractivity contribution in [3.63, 3.8) is 0 Å². The lowest BCUT2D eigenvalue weighted by atomic mass is 10.0. The van der Waals surface area contributed by atoms with Crippen LogP contribution in [0.1, 0.15) is 11.3 Å². The fourth-order valence-corrected chi connectivity index (χ4v) is 2.39. The molecule has 1 aromatic carbocycles. The van der Waals surface area contributed by atoms with Crippen LogP contribution in [0.3, 0.4) is 0 Å². The van der Waals surface area contributed by atoms with Crippen molar-refractivity contribution in [2.75, 3.05) is 5.73 Å². The Morgan fingerprint density at radius 3 is 2.60 bits per heavy atom. The van der Waals surface area contributed by atoms with Gasteiger partial charge in [0.15, 0.2) is 0 Å². The van der Waals surface area contributed by atoms with Gasteiger partial charge in [0.25, 0.3) is 0 Å². The SMILES string of the molecule is Cc1cccc(-c2c(-c3coc(C)c3)nn(C)c2N)c1. The molecule has 3 aromatic rings. The van der Waals surface area contributed by atoms with Crippen molar-refractivity contribution >= 4 is 5.82 Å². The molecule has 0 fully saturated rings. The summed E-state index contributed by atoms with van der Waals surface area (Å²) in [6.07, 6.45) is 1.72. The molecular weight excluding hydrogens is 250 g/mol. The number of benzene rings is 1. The molecule has 0 aliphatic carbocycles. The Kier molecular flexibility index (Phi) is 2.86. The van der Waals surface area contributed by atoms with Gasteiger partial charge < -0.3 is 10.2 Å². The molecule has 0 unspecified atom stereocenters. The van der Waals surface area contributed by atoms with Crippen LogP contribution < -0.4 is 5.73 Å². The quantitative estimate of drug-likeness (QED) is 0.772. The minimum Gasteiger partial charge on any atom is -0.469 e. The van der Waals surface area contributed by atoms with Crippen molar-refractivity contribution in [3.8, 4) is 22.4 Å². The first-order chi connectivity index (χ1) is 9.56. The molecule has 0 aliphatic heterocycles. The maximum absolute atomic E-state index is 6.20. The Hall–Kier alpha value is -2.49. The molecule has 0 spiro atoms. The number of nitrogen functional groups attached to an aromatic ring is 1. The van der Waals surface area contributed by atoms with Gasteiger partial charge in [-0.05, 0) is 25.5 Å². The van der Waals surface area contributed by atoms with E-state index < -0.39 is 0 Å². The first-order valence-corrected chi connectivity index (χ1v) is 6.51. The Labute approximate surface area is 117 Å². The van der Waals surface area contributed by atoms with Crippen LogP contribution in [0.15, 0.2) is 41.0 Å². The van der Waals surface area contributed by atoms with E-state index in [-0.39, 0.29) is 0 Å². The van der Waals surface area contributed by atoms with E-state index in [0.717, 1.165) is 28.1 Å². The standard InChI is InChI=1S/C16H17N3O/c1-10-5-4-6-12(7-10)14-15(18-19(3)16(14)17)13-8-11(2)20-9-13/h4-9H,17H2,1-3H3. The molecule has 20 heavy (non-hydrogen) atoms. The molecule has 0 amide bonds. The number of anilines is 1. The largest absolute Gasteiger partial charge is 0.469 e. The van der Waals surface area contributed by atoms with Gasteiger partial charge in [-0.25, -0.2) is 0 Å². The third-order valence-electron chi connectivity index (χ3n) is 3.40. The zero-order valence-corrected chi connectivity index (χ0v) is 11.8. The van der Waals surface area contributed by atoms with E-state index in [1.807, 2.05) is 26.1 Å². The average molecular weight is 267 g/mol. The minimum absolute atomic E-state index is 0.657. The van der Waals surface area contributed by atoms with E-state index in [9.17, 15) is 0 Å². The summed E-state index contributed by atoms with van der Waals surface area (Å²) in [4.78, 5) is 0. The lowest BCUT2D eigenvalue weighted by Crippen LogP contribution is -1.98. The van der Waals surface area contributed by atoms with Crippen molar-refractivity contribution in [1.29, 1.82) is 0 Å². The second kappa shape index (κ2) is 4.56. The van der Waals surface area contributed by atoms with Gasteiger partial charge in [0.1, 0.15) is 23.5 Å². The van der Waals surface area contributed by atoms with Crippen LogP contribution in [0, 0.1) is 13.8 Å². The topological polar surface area (TPSA) is 57.0 Å². The Morgan fingerprint density at radius 2 is 1.95 bits per heavy atom. The number of nitrogens with zero attached hydrogens (tertiary/aromatic N) is 2. The highest BCUT2D eigenvalue weighted by molar-refractivity contribution is 5.88. The van der Waals surface area contributed by atoms with E-state index in [0.29, 0.717) is 5.82 Å². The summed E-state index contributed by atoms with van der Waals surface area (Å²) >= 11 is 0. The van der Waals surface area contributed by atoms with Crippen LogP contribution >= 0.6 is 0 Å². The van der Waals surface area contributed by atoms with Gasteiger partial charge in [0, 0.05) is 12.6 Å². The summed E-state index contributed by atoms with van der Waals surface area (Å²) in [5.74, 6) is 1.52. The first-order valence-electron chi connectivity index (χ1n) is 6.51. The predicted molar refractivity (Wildman–Crippen MR) is 80.2 cm³/mol. The number of nitrogens with two attached hydrogens (primary N) is 1. The van der Waals surface area contributed by atoms with Crippen LogP contribution in [0.4, 0.5) is 5.82 Å². The van der Waals surface area contributed by atoms with Crippen LogP contribution in [-0.4, -0.2) is 9.78 Å². The van der Waals surface area contributed by atoms with Crippen LogP contribution in [-0.2, 0) is 7.05 Å². The monoisotopic (exact) mass is 267 g/mol. The van der Waals surface area contributed by atoms with Crippen LogP contribution in [0.25, 0.3) is 22.4 Å². The number of hydrogen-bond acceptors (Lipinski definition) is 3. The maximum atomic E-state index is 6.20. The smallest absolute Gasteiger partial charge is 0.129 e. The molecule has 0 saturated carbocycles. The highest BCUT2D eigenvalue weighted by Gasteiger charge is 2.18. The van der Waals surface area contributed by atoms with Gasteiger partial charge in [-0.3, -0.25) is 4.68 Å². The second-order valence-corrected chi connectivity index (χ2v) is 5.05. The molecule has 4 nitrogen and oxygen atoms in total. The van der Waals surface area contributed by atoms with Crippen molar-refractivity contribution in [2.45, 2.75) is 13.8 Å². The van der Waals surface area contributed by atoms with E-state index in [2.05, 4.69) is 30.2 Å². The summed E-state index contributed by atoms with van der Waals surface area (Å²) in [6.45, 7) is 3.99. The molecule has 2 N–H and O–H groups in total. The minimum atomic E-state index is 0.657. The number of furan rings is 1. The van der Waals surface area contributed by atoms with Gasteiger partial charge in [-0.15, -0.1) is 0 Å². The molecular formula is C16H17N3O.